The van der Waals surface area contributed by atoms with E-state index in [-0.39, 0.29) is 11.9 Å². The number of rotatable bonds is 7. The molecule has 0 aliphatic carbocycles. The van der Waals surface area contributed by atoms with E-state index in [2.05, 4.69) is 22.9 Å². The van der Waals surface area contributed by atoms with Crippen LogP contribution in [0.1, 0.15) is 19.8 Å². The fourth-order valence-electron chi connectivity index (χ4n) is 2.09. The molecule has 1 aliphatic heterocycles. The smallest absolute Gasteiger partial charge is 0.244 e. The van der Waals surface area contributed by atoms with Crippen molar-refractivity contribution in [1.82, 2.24) is 5.32 Å². The van der Waals surface area contributed by atoms with Gasteiger partial charge in [0.2, 0.25) is 5.91 Å². The normalized spacial score (nSPS) is 16.8. The first-order valence-electron chi connectivity index (χ1n) is 7.26. The molecule has 2 rings (SSSR count). The quantitative estimate of drug-likeness (QED) is 0.665. The molecule has 1 atom stereocenters. The number of benzene rings is 1. The lowest BCUT2D eigenvalue weighted by Crippen LogP contribution is -2.46. The molecule has 1 amide bonds. The lowest BCUT2D eigenvalue weighted by atomic mass is 10.1. The minimum Gasteiger partial charge on any atom is -0.381 e. The van der Waals surface area contributed by atoms with Crippen molar-refractivity contribution in [2.45, 2.75) is 25.8 Å². The van der Waals surface area contributed by atoms with Crippen molar-refractivity contribution in [1.29, 1.82) is 0 Å². The number of hydrogen-bond acceptors (Lipinski definition) is 4. The van der Waals surface area contributed by atoms with Gasteiger partial charge in [0.25, 0.3) is 0 Å². The van der Waals surface area contributed by atoms with Crippen molar-refractivity contribution in [3.8, 4) is 0 Å². The van der Waals surface area contributed by atoms with E-state index in [1.54, 1.807) is 0 Å². The molecule has 0 radical (unpaired) electrons. The molecule has 0 aromatic heterocycles. The largest absolute Gasteiger partial charge is 0.381 e. The van der Waals surface area contributed by atoms with Crippen LogP contribution in [0.15, 0.2) is 24.3 Å². The molecule has 110 valence electrons. The highest BCUT2D eigenvalue weighted by atomic mass is 16.5. The van der Waals surface area contributed by atoms with Gasteiger partial charge in [-0.25, -0.2) is 0 Å². The van der Waals surface area contributed by atoms with Gasteiger partial charge >= 0.3 is 0 Å². The zero-order valence-corrected chi connectivity index (χ0v) is 11.9. The number of nitrogens with one attached hydrogen (secondary N) is 3. The minimum absolute atomic E-state index is 0.00564. The van der Waals surface area contributed by atoms with Crippen molar-refractivity contribution in [3.63, 3.8) is 0 Å². The van der Waals surface area contributed by atoms with Crippen LogP contribution < -0.4 is 16.0 Å². The molecule has 0 saturated heterocycles. The Morgan fingerprint density at radius 3 is 2.95 bits per heavy atom. The lowest BCUT2D eigenvalue weighted by Gasteiger charge is -2.27. The zero-order chi connectivity index (χ0) is 14.2. The van der Waals surface area contributed by atoms with Crippen LogP contribution in [-0.2, 0) is 9.53 Å². The summed E-state index contributed by atoms with van der Waals surface area (Å²) in [7, 11) is 0. The highest BCUT2D eigenvalue weighted by molar-refractivity contribution is 5.88. The molecule has 0 bridgehead atoms. The highest BCUT2D eigenvalue weighted by Gasteiger charge is 2.22. The first-order valence-corrected chi connectivity index (χ1v) is 7.26. The van der Waals surface area contributed by atoms with Gasteiger partial charge in [-0.2, -0.15) is 0 Å². The summed E-state index contributed by atoms with van der Waals surface area (Å²) in [6, 6.07) is 7.66. The molecule has 1 aliphatic rings. The van der Waals surface area contributed by atoms with E-state index in [1.165, 1.54) is 0 Å². The Labute approximate surface area is 120 Å². The van der Waals surface area contributed by atoms with Crippen molar-refractivity contribution >= 4 is 17.3 Å². The van der Waals surface area contributed by atoms with Crippen LogP contribution in [0.25, 0.3) is 0 Å². The van der Waals surface area contributed by atoms with E-state index >= 15 is 0 Å². The molecule has 1 aromatic carbocycles. The first kappa shape index (κ1) is 14.7. The Hall–Kier alpha value is -1.75. The molecule has 1 aromatic rings. The standard InChI is InChI=1S/C15H23N3O2/c1-2-3-9-20-10-8-16-15(19)14-11-17-12-6-4-5-7-13(12)18-14/h4-7,14,17-18H,2-3,8-11H2,1H3,(H,16,19). The molecule has 3 N–H and O–H groups in total. The number of carbonyl (C=O) groups is 1. The van der Waals surface area contributed by atoms with E-state index in [9.17, 15) is 4.79 Å². The third kappa shape index (κ3) is 4.13. The number of fused-ring (bicyclic) bond motifs is 1. The van der Waals surface area contributed by atoms with Gasteiger partial charge in [-0.3, -0.25) is 4.79 Å². The van der Waals surface area contributed by atoms with E-state index in [0.29, 0.717) is 19.7 Å². The molecule has 0 saturated carbocycles. The molecule has 1 unspecified atom stereocenters. The van der Waals surface area contributed by atoms with Crippen LogP contribution in [0, 0.1) is 0 Å². The maximum atomic E-state index is 12.0. The second-order valence-corrected chi connectivity index (χ2v) is 4.88. The maximum Gasteiger partial charge on any atom is 0.244 e. The van der Waals surface area contributed by atoms with Gasteiger partial charge in [0, 0.05) is 19.7 Å². The summed E-state index contributed by atoms with van der Waals surface area (Å²) in [4.78, 5) is 12.0. The van der Waals surface area contributed by atoms with Gasteiger partial charge in [0.05, 0.1) is 18.0 Å². The van der Waals surface area contributed by atoms with Gasteiger partial charge in [-0.05, 0) is 18.6 Å². The van der Waals surface area contributed by atoms with Crippen LogP contribution in [0.2, 0.25) is 0 Å². The molecule has 0 spiro atoms. The Bertz CT molecular complexity index is 437. The number of anilines is 2. The topological polar surface area (TPSA) is 62.4 Å². The van der Waals surface area contributed by atoms with E-state index in [1.807, 2.05) is 24.3 Å². The third-order valence-corrected chi connectivity index (χ3v) is 3.26. The molecule has 0 fully saturated rings. The van der Waals surface area contributed by atoms with Crippen molar-refractivity contribution in [2.75, 3.05) is 36.9 Å². The number of unbranched alkanes of at least 4 members (excludes halogenated alkanes) is 1. The minimum atomic E-state index is -0.236. The third-order valence-electron chi connectivity index (χ3n) is 3.26. The number of ether oxygens (including phenoxy) is 1. The van der Waals surface area contributed by atoms with Crippen molar-refractivity contribution in [2.24, 2.45) is 0 Å². The zero-order valence-electron chi connectivity index (χ0n) is 11.9. The second-order valence-electron chi connectivity index (χ2n) is 4.88. The average Bonchev–Trinajstić information content (AvgIpc) is 2.50. The monoisotopic (exact) mass is 277 g/mol. The van der Waals surface area contributed by atoms with E-state index < -0.39 is 0 Å². The number of hydrogen-bond donors (Lipinski definition) is 3. The molecule has 5 nitrogen and oxygen atoms in total. The van der Waals surface area contributed by atoms with Crippen LogP contribution in [0.5, 0.6) is 0 Å². The summed E-state index contributed by atoms with van der Waals surface area (Å²) in [6.45, 7) is 4.62. The van der Waals surface area contributed by atoms with Crippen molar-refractivity contribution in [3.05, 3.63) is 24.3 Å². The van der Waals surface area contributed by atoms with Crippen LogP contribution in [0.4, 0.5) is 11.4 Å². The Balaban J connectivity index is 1.69. The summed E-state index contributed by atoms with van der Waals surface area (Å²) in [5, 5.41) is 9.39. The fraction of sp³-hybridized carbons (Fsp3) is 0.533. The molecule has 1 heterocycles. The van der Waals surface area contributed by atoms with Gasteiger partial charge < -0.3 is 20.7 Å². The molecular formula is C15H23N3O2. The summed E-state index contributed by atoms with van der Waals surface area (Å²) in [5.41, 5.74) is 2.01. The van der Waals surface area contributed by atoms with Crippen LogP contribution in [-0.4, -0.2) is 38.3 Å². The molecule has 5 heteroatoms. The van der Waals surface area contributed by atoms with Gasteiger partial charge in [0.15, 0.2) is 0 Å². The second kappa shape index (κ2) is 7.75. The van der Waals surface area contributed by atoms with Crippen molar-refractivity contribution < 1.29 is 9.53 Å². The van der Waals surface area contributed by atoms with Gasteiger partial charge in [0.1, 0.15) is 6.04 Å². The Morgan fingerprint density at radius 1 is 1.35 bits per heavy atom. The van der Waals surface area contributed by atoms with Gasteiger partial charge in [-0.15, -0.1) is 0 Å². The SMILES string of the molecule is CCCCOCCNC(=O)C1CNc2ccccc2N1. The maximum absolute atomic E-state index is 12.0. The van der Waals surface area contributed by atoms with E-state index in [0.717, 1.165) is 30.8 Å². The predicted molar refractivity (Wildman–Crippen MR) is 81.1 cm³/mol. The van der Waals surface area contributed by atoms with Crippen LogP contribution in [0.3, 0.4) is 0 Å². The summed E-state index contributed by atoms with van der Waals surface area (Å²) in [5.74, 6) is 0.00564. The number of carbonyl (C=O) groups excluding carboxylic acids is 1. The molecular weight excluding hydrogens is 254 g/mol. The summed E-state index contributed by atoms with van der Waals surface area (Å²) >= 11 is 0. The number of para-hydroxylation sites is 2. The Morgan fingerprint density at radius 2 is 2.15 bits per heavy atom. The molecule has 20 heavy (non-hydrogen) atoms. The number of amides is 1. The van der Waals surface area contributed by atoms with Crippen LogP contribution >= 0.6 is 0 Å². The summed E-state index contributed by atoms with van der Waals surface area (Å²) in [6.07, 6.45) is 2.20. The van der Waals surface area contributed by atoms with E-state index in [4.69, 9.17) is 4.74 Å². The lowest BCUT2D eigenvalue weighted by molar-refractivity contribution is -0.121. The predicted octanol–water partition coefficient (Wildman–Crippen LogP) is 1.83. The Kier molecular flexibility index (Phi) is 5.68. The average molecular weight is 277 g/mol. The highest BCUT2D eigenvalue weighted by Crippen LogP contribution is 2.24. The first-order chi connectivity index (χ1) is 9.81. The fourth-order valence-corrected chi connectivity index (χ4v) is 2.09. The summed E-state index contributed by atoms with van der Waals surface area (Å²) < 4.78 is 5.42. The van der Waals surface area contributed by atoms with Gasteiger partial charge in [-0.1, -0.05) is 25.5 Å².